The van der Waals surface area contributed by atoms with Crippen LogP contribution in [0.25, 0.3) is 10.1 Å². The van der Waals surface area contributed by atoms with Gasteiger partial charge in [-0.25, -0.2) is 17.5 Å². The van der Waals surface area contributed by atoms with Crippen molar-refractivity contribution in [2.45, 2.75) is 4.90 Å². The summed E-state index contributed by atoms with van der Waals surface area (Å²) in [4.78, 5) is 24.9. The molecule has 164 valence electrons. The molecule has 11 heteroatoms. The number of carbonyl (C=O) groups excluding carboxylic acids is 2. The fourth-order valence-electron chi connectivity index (χ4n) is 2.68. The molecule has 8 nitrogen and oxygen atoms in total. The van der Waals surface area contributed by atoms with E-state index < -0.39 is 28.5 Å². The summed E-state index contributed by atoms with van der Waals surface area (Å²) in [7, 11) is 0.470. The highest BCUT2D eigenvalue weighted by atomic mass is 35.5. The minimum absolute atomic E-state index is 0.0253. The van der Waals surface area contributed by atoms with Crippen molar-refractivity contribution in [3.63, 3.8) is 0 Å². The van der Waals surface area contributed by atoms with Crippen LogP contribution in [0.3, 0.4) is 0 Å². The van der Waals surface area contributed by atoms with Crippen LogP contribution in [0, 0.1) is 0 Å². The lowest BCUT2D eigenvalue weighted by Crippen LogP contribution is -2.23. The van der Waals surface area contributed by atoms with E-state index >= 15 is 0 Å². The van der Waals surface area contributed by atoms with Gasteiger partial charge in [0, 0.05) is 24.2 Å². The molecule has 3 aromatic rings. The number of nitrogens with zero attached hydrogens (tertiary/aromatic N) is 1. The maximum Gasteiger partial charge on any atom is 0.350 e. The van der Waals surface area contributed by atoms with Gasteiger partial charge in [-0.15, -0.1) is 11.3 Å². The molecule has 0 radical (unpaired) electrons. The summed E-state index contributed by atoms with van der Waals surface area (Å²) in [6.45, 7) is -0.586. The largest absolute Gasteiger partial charge is 0.495 e. The van der Waals surface area contributed by atoms with Crippen LogP contribution in [0.4, 0.5) is 5.69 Å². The first-order valence-electron chi connectivity index (χ1n) is 8.89. The molecule has 0 aliphatic heterocycles. The molecule has 0 saturated carbocycles. The molecule has 3 rings (SSSR count). The number of hydrogen-bond donors (Lipinski definition) is 1. The van der Waals surface area contributed by atoms with E-state index in [0.29, 0.717) is 0 Å². The monoisotopic (exact) mass is 482 g/mol. The van der Waals surface area contributed by atoms with Crippen molar-refractivity contribution in [3.8, 4) is 5.75 Å². The molecule has 2 aromatic carbocycles. The van der Waals surface area contributed by atoms with E-state index in [-0.39, 0.29) is 26.2 Å². The minimum Gasteiger partial charge on any atom is -0.495 e. The van der Waals surface area contributed by atoms with Gasteiger partial charge in [0.05, 0.1) is 22.7 Å². The molecular weight excluding hydrogens is 464 g/mol. The molecule has 0 unspecified atom stereocenters. The Morgan fingerprint density at radius 3 is 2.52 bits per heavy atom. The molecule has 0 bridgehead atoms. The van der Waals surface area contributed by atoms with Crippen LogP contribution in [0.2, 0.25) is 5.02 Å². The fraction of sp³-hybridized carbons (Fsp3) is 0.200. The summed E-state index contributed by atoms with van der Waals surface area (Å²) in [5.41, 5.74) is 0.131. The van der Waals surface area contributed by atoms with Crippen molar-refractivity contribution in [2.75, 3.05) is 33.1 Å². The SMILES string of the molecule is COc1ccc(S(=O)(=O)N(C)C)cc1NC(=O)COC(=O)c1sc2ccccc2c1Cl. The van der Waals surface area contributed by atoms with Crippen LogP contribution >= 0.6 is 22.9 Å². The van der Waals surface area contributed by atoms with Gasteiger partial charge in [-0.2, -0.15) is 0 Å². The van der Waals surface area contributed by atoms with Crippen molar-refractivity contribution in [2.24, 2.45) is 0 Å². The number of carbonyl (C=O) groups is 2. The van der Waals surface area contributed by atoms with Gasteiger partial charge in [0.15, 0.2) is 6.61 Å². The zero-order valence-electron chi connectivity index (χ0n) is 16.8. The van der Waals surface area contributed by atoms with Crippen molar-refractivity contribution in [1.29, 1.82) is 0 Å². The molecule has 0 aliphatic rings. The summed E-state index contributed by atoms with van der Waals surface area (Å²) in [6, 6.07) is 11.3. The highest BCUT2D eigenvalue weighted by Crippen LogP contribution is 2.35. The smallest absolute Gasteiger partial charge is 0.350 e. The zero-order valence-corrected chi connectivity index (χ0v) is 19.2. The Hall–Kier alpha value is -2.66. The highest BCUT2D eigenvalue weighted by molar-refractivity contribution is 7.89. The van der Waals surface area contributed by atoms with Gasteiger partial charge in [0.1, 0.15) is 10.6 Å². The Morgan fingerprint density at radius 1 is 1.16 bits per heavy atom. The lowest BCUT2D eigenvalue weighted by Gasteiger charge is -2.15. The van der Waals surface area contributed by atoms with Gasteiger partial charge in [0.2, 0.25) is 10.0 Å². The van der Waals surface area contributed by atoms with Crippen LogP contribution in [0.1, 0.15) is 9.67 Å². The van der Waals surface area contributed by atoms with Crippen molar-refractivity contribution < 1.29 is 27.5 Å². The Labute approximate surface area is 188 Å². The molecule has 0 atom stereocenters. The third kappa shape index (κ3) is 4.82. The number of nitrogens with one attached hydrogen (secondary N) is 1. The molecule has 0 saturated heterocycles. The fourth-order valence-corrected chi connectivity index (χ4v) is 5.01. The highest BCUT2D eigenvalue weighted by Gasteiger charge is 2.22. The lowest BCUT2D eigenvalue weighted by atomic mass is 10.2. The Balaban J connectivity index is 1.73. The summed E-state index contributed by atoms with van der Waals surface area (Å²) in [5, 5.41) is 3.51. The molecular formula is C20H19ClN2O6S2. The van der Waals surface area contributed by atoms with E-state index in [9.17, 15) is 18.0 Å². The molecule has 0 spiro atoms. The number of halogens is 1. The van der Waals surface area contributed by atoms with E-state index in [0.717, 1.165) is 14.4 Å². The van der Waals surface area contributed by atoms with Crippen LogP contribution in [-0.4, -0.2) is 52.4 Å². The summed E-state index contributed by atoms with van der Waals surface area (Å²) >= 11 is 7.43. The topological polar surface area (TPSA) is 102 Å². The lowest BCUT2D eigenvalue weighted by molar-refractivity contribution is -0.119. The van der Waals surface area contributed by atoms with Gasteiger partial charge in [-0.3, -0.25) is 4.79 Å². The maximum atomic E-state index is 12.4. The quantitative estimate of drug-likeness (QED) is 0.516. The van der Waals surface area contributed by atoms with Gasteiger partial charge in [-0.05, 0) is 24.3 Å². The number of benzene rings is 2. The number of sulfonamides is 1. The Morgan fingerprint density at radius 2 is 1.87 bits per heavy atom. The number of rotatable bonds is 7. The molecule has 0 aliphatic carbocycles. The average Bonchev–Trinajstić information content (AvgIpc) is 3.08. The van der Waals surface area contributed by atoms with E-state index in [1.54, 1.807) is 6.07 Å². The Bertz CT molecular complexity index is 1250. The third-order valence-electron chi connectivity index (χ3n) is 4.28. The van der Waals surface area contributed by atoms with E-state index in [2.05, 4.69) is 5.32 Å². The predicted octanol–water partition coefficient (Wildman–Crippen LogP) is 3.61. The van der Waals surface area contributed by atoms with Gasteiger partial charge < -0.3 is 14.8 Å². The second-order valence-electron chi connectivity index (χ2n) is 6.52. The first-order chi connectivity index (χ1) is 14.6. The molecule has 1 amide bonds. The zero-order chi connectivity index (χ0) is 22.8. The minimum atomic E-state index is -3.71. The maximum absolute atomic E-state index is 12.4. The number of ether oxygens (including phenoxy) is 2. The van der Waals surface area contributed by atoms with Gasteiger partial charge >= 0.3 is 5.97 Å². The number of esters is 1. The first-order valence-corrected chi connectivity index (χ1v) is 11.5. The number of amides is 1. The number of methoxy groups -OCH3 is 1. The normalized spacial score (nSPS) is 11.5. The molecule has 1 N–H and O–H groups in total. The van der Waals surface area contributed by atoms with Gasteiger partial charge in [-0.1, -0.05) is 29.8 Å². The van der Waals surface area contributed by atoms with Crippen molar-refractivity contribution in [1.82, 2.24) is 4.31 Å². The molecule has 0 fully saturated rings. The first kappa shape index (κ1) is 23.0. The van der Waals surface area contributed by atoms with Crippen LogP contribution in [-0.2, 0) is 19.6 Å². The van der Waals surface area contributed by atoms with E-state index in [1.165, 1.54) is 50.7 Å². The summed E-state index contributed by atoms with van der Waals surface area (Å²) < 4.78 is 36.8. The van der Waals surface area contributed by atoms with Crippen LogP contribution < -0.4 is 10.1 Å². The summed E-state index contributed by atoms with van der Waals surface area (Å²) in [6.07, 6.45) is 0. The van der Waals surface area contributed by atoms with Crippen LogP contribution in [0.5, 0.6) is 5.75 Å². The number of fused-ring (bicyclic) bond motifs is 1. The van der Waals surface area contributed by atoms with E-state index in [1.807, 2.05) is 18.2 Å². The van der Waals surface area contributed by atoms with E-state index in [4.69, 9.17) is 21.1 Å². The standard InChI is InChI=1S/C20H19ClN2O6S2/c1-23(2)31(26,27)12-8-9-15(28-3)14(10-12)22-17(24)11-29-20(25)19-18(21)13-6-4-5-7-16(13)30-19/h4-10H,11H2,1-3H3,(H,22,24). The van der Waals surface area contributed by atoms with Crippen molar-refractivity contribution >= 4 is 60.6 Å². The average molecular weight is 483 g/mol. The third-order valence-corrected chi connectivity index (χ3v) is 7.74. The number of anilines is 1. The molecule has 31 heavy (non-hydrogen) atoms. The second-order valence-corrected chi connectivity index (χ2v) is 10.1. The predicted molar refractivity (Wildman–Crippen MR) is 120 cm³/mol. The molecule has 1 heterocycles. The number of thiophene rings is 1. The van der Waals surface area contributed by atoms with Gasteiger partial charge in [0.25, 0.3) is 5.91 Å². The second kappa shape index (κ2) is 9.23. The number of hydrogen-bond acceptors (Lipinski definition) is 7. The van der Waals surface area contributed by atoms with Crippen molar-refractivity contribution in [3.05, 3.63) is 52.4 Å². The Kier molecular flexibility index (Phi) is 6.85. The summed E-state index contributed by atoms with van der Waals surface area (Å²) in [5.74, 6) is -1.13. The molecule has 1 aromatic heterocycles. The van der Waals surface area contributed by atoms with Crippen LogP contribution in [0.15, 0.2) is 47.4 Å².